The molecule has 0 aliphatic heterocycles. The number of rotatable bonds is 4. The highest BCUT2D eigenvalue weighted by molar-refractivity contribution is 5.74. The number of methoxy groups -OCH3 is 1. The van der Waals surface area contributed by atoms with Gasteiger partial charge >= 0.3 is 6.03 Å². The molecular weight excluding hydrogens is 288 g/mol. The number of hydrogen-bond donors (Lipinski definition) is 2. The molecule has 2 amide bonds. The summed E-state index contributed by atoms with van der Waals surface area (Å²) in [4.78, 5) is 12.3. The van der Waals surface area contributed by atoms with Crippen molar-refractivity contribution in [2.75, 3.05) is 7.11 Å². The summed E-state index contributed by atoms with van der Waals surface area (Å²) in [5.74, 6) is 4.17. The lowest BCUT2D eigenvalue weighted by Crippen LogP contribution is -2.57. The fourth-order valence-electron chi connectivity index (χ4n) is 5.29. The monoisotopic (exact) mass is 314 g/mol. The summed E-state index contributed by atoms with van der Waals surface area (Å²) in [5, 5.41) is 6.28. The molecular formula is C19H26N2O2. The van der Waals surface area contributed by atoms with E-state index >= 15 is 0 Å². The molecule has 1 aromatic rings. The zero-order chi connectivity index (χ0) is 15.8. The Morgan fingerprint density at radius 3 is 2.22 bits per heavy atom. The highest BCUT2D eigenvalue weighted by Crippen LogP contribution is 2.53. The number of carbonyl (C=O) groups excluding carboxylic acids is 1. The van der Waals surface area contributed by atoms with Gasteiger partial charge in [-0.2, -0.15) is 0 Å². The standard InChI is InChI=1S/C19H26N2O2/c1-23-17-4-2-12(3-5-17)11-20-19(22)21-18-15-7-13-6-14(9-15)10-16(18)8-13/h2-5,13-16,18H,6-11H2,1H3,(H2,20,21,22). The first kappa shape index (κ1) is 14.9. The van der Waals surface area contributed by atoms with Gasteiger partial charge in [-0.25, -0.2) is 4.79 Å². The Bertz CT molecular complexity index is 541. The Kier molecular flexibility index (Phi) is 3.92. The van der Waals surface area contributed by atoms with Crippen molar-refractivity contribution >= 4 is 6.03 Å². The van der Waals surface area contributed by atoms with Crippen molar-refractivity contribution in [2.24, 2.45) is 23.7 Å². The second kappa shape index (κ2) is 6.06. The van der Waals surface area contributed by atoms with E-state index in [4.69, 9.17) is 4.74 Å². The van der Waals surface area contributed by atoms with Crippen LogP contribution in [0.25, 0.3) is 0 Å². The van der Waals surface area contributed by atoms with Gasteiger partial charge in [0.1, 0.15) is 5.75 Å². The van der Waals surface area contributed by atoms with Crippen LogP contribution in [-0.4, -0.2) is 19.2 Å². The molecule has 0 spiro atoms. The molecule has 2 N–H and O–H groups in total. The Labute approximate surface area is 138 Å². The molecule has 23 heavy (non-hydrogen) atoms. The minimum atomic E-state index is -0.0155. The molecule has 4 saturated carbocycles. The van der Waals surface area contributed by atoms with Crippen molar-refractivity contribution in [3.05, 3.63) is 29.8 Å². The Hall–Kier alpha value is -1.71. The topological polar surface area (TPSA) is 50.4 Å². The normalized spacial score (nSPS) is 34.2. The van der Waals surface area contributed by atoms with Gasteiger partial charge in [0, 0.05) is 12.6 Å². The summed E-state index contributed by atoms with van der Waals surface area (Å²) < 4.78 is 5.15. The van der Waals surface area contributed by atoms with E-state index in [0.717, 1.165) is 35.0 Å². The number of nitrogens with one attached hydrogen (secondary N) is 2. The van der Waals surface area contributed by atoms with Gasteiger partial charge in [0.15, 0.2) is 0 Å². The van der Waals surface area contributed by atoms with Crippen LogP contribution in [0.3, 0.4) is 0 Å². The minimum Gasteiger partial charge on any atom is -0.497 e. The molecule has 0 radical (unpaired) electrons. The summed E-state index contributed by atoms with van der Waals surface area (Å²) >= 11 is 0. The van der Waals surface area contributed by atoms with E-state index in [1.807, 2.05) is 24.3 Å². The number of amides is 2. The second-order valence-corrected chi connectivity index (χ2v) is 7.63. The predicted molar refractivity (Wildman–Crippen MR) is 89.2 cm³/mol. The third kappa shape index (κ3) is 3.04. The molecule has 0 heterocycles. The van der Waals surface area contributed by atoms with Crippen LogP contribution in [0.2, 0.25) is 0 Å². The van der Waals surface area contributed by atoms with Crippen LogP contribution in [0.1, 0.15) is 37.7 Å². The van der Waals surface area contributed by atoms with Gasteiger partial charge in [0.05, 0.1) is 7.11 Å². The Morgan fingerprint density at radius 1 is 1.04 bits per heavy atom. The molecule has 0 aromatic heterocycles. The highest BCUT2D eigenvalue weighted by atomic mass is 16.5. The summed E-state index contributed by atoms with van der Waals surface area (Å²) in [7, 11) is 1.66. The lowest BCUT2D eigenvalue weighted by molar-refractivity contribution is -0.00942. The molecule has 4 fully saturated rings. The molecule has 4 heteroatoms. The van der Waals surface area contributed by atoms with Crippen LogP contribution in [0.5, 0.6) is 5.75 Å². The molecule has 4 aliphatic carbocycles. The van der Waals surface area contributed by atoms with Crippen molar-refractivity contribution in [1.82, 2.24) is 10.6 Å². The van der Waals surface area contributed by atoms with Crippen molar-refractivity contribution in [2.45, 2.75) is 44.7 Å². The van der Waals surface area contributed by atoms with E-state index in [0.29, 0.717) is 12.6 Å². The number of benzene rings is 1. The summed E-state index contributed by atoms with van der Waals surface area (Å²) in [5.41, 5.74) is 1.09. The first-order chi connectivity index (χ1) is 11.2. The maximum atomic E-state index is 12.3. The molecule has 0 unspecified atom stereocenters. The first-order valence-electron chi connectivity index (χ1n) is 8.88. The quantitative estimate of drug-likeness (QED) is 0.896. The van der Waals surface area contributed by atoms with Crippen molar-refractivity contribution < 1.29 is 9.53 Å². The van der Waals surface area contributed by atoms with Crippen molar-refractivity contribution in [1.29, 1.82) is 0 Å². The van der Waals surface area contributed by atoms with Gasteiger partial charge in [-0.15, -0.1) is 0 Å². The van der Waals surface area contributed by atoms with E-state index in [-0.39, 0.29) is 6.03 Å². The maximum absolute atomic E-state index is 12.3. The molecule has 4 aliphatic rings. The van der Waals surface area contributed by atoms with Crippen LogP contribution in [-0.2, 0) is 6.54 Å². The summed E-state index contributed by atoms with van der Waals surface area (Å²) in [6.45, 7) is 0.559. The fourth-order valence-corrected chi connectivity index (χ4v) is 5.29. The summed E-state index contributed by atoms with van der Waals surface area (Å²) in [6, 6.07) is 8.21. The predicted octanol–water partition coefficient (Wildman–Crippen LogP) is 3.32. The smallest absolute Gasteiger partial charge is 0.315 e. The lowest BCUT2D eigenvalue weighted by Gasteiger charge is -2.54. The van der Waals surface area contributed by atoms with Gasteiger partial charge in [0.25, 0.3) is 0 Å². The van der Waals surface area contributed by atoms with E-state index < -0.39 is 0 Å². The molecule has 5 rings (SSSR count). The zero-order valence-corrected chi connectivity index (χ0v) is 13.8. The largest absolute Gasteiger partial charge is 0.497 e. The zero-order valence-electron chi connectivity index (χ0n) is 13.8. The van der Waals surface area contributed by atoms with E-state index in [1.165, 1.54) is 32.1 Å². The molecule has 4 nitrogen and oxygen atoms in total. The van der Waals surface area contributed by atoms with E-state index in [1.54, 1.807) is 7.11 Å². The van der Waals surface area contributed by atoms with Gasteiger partial charge < -0.3 is 15.4 Å². The number of hydrogen-bond acceptors (Lipinski definition) is 2. The lowest BCUT2D eigenvalue weighted by atomic mass is 9.54. The third-order valence-electron chi connectivity index (χ3n) is 6.14. The van der Waals surface area contributed by atoms with Crippen LogP contribution in [0, 0.1) is 23.7 Å². The van der Waals surface area contributed by atoms with Crippen LogP contribution < -0.4 is 15.4 Å². The molecule has 124 valence electrons. The SMILES string of the molecule is COc1ccc(CNC(=O)NC2C3CC4CC(C3)CC2C4)cc1. The van der Waals surface area contributed by atoms with E-state index in [9.17, 15) is 4.79 Å². The average Bonchev–Trinajstić information content (AvgIpc) is 2.56. The Balaban J connectivity index is 1.30. The molecule has 1 aromatic carbocycles. The van der Waals surface area contributed by atoms with Crippen LogP contribution in [0.15, 0.2) is 24.3 Å². The molecule has 0 saturated heterocycles. The van der Waals surface area contributed by atoms with Crippen molar-refractivity contribution in [3.63, 3.8) is 0 Å². The highest BCUT2D eigenvalue weighted by Gasteiger charge is 2.48. The van der Waals surface area contributed by atoms with Crippen LogP contribution >= 0.6 is 0 Å². The number of carbonyl (C=O) groups is 1. The van der Waals surface area contributed by atoms with Crippen LogP contribution in [0.4, 0.5) is 4.79 Å². The number of urea groups is 1. The Morgan fingerprint density at radius 2 is 1.65 bits per heavy atom. The molecule has 0 atom stereocenters. The van der Waals surface area contributed by atoms with E-state index in [2.05, 4.69) is 10.6 Å². The fraction of sp³-hybridized carbons (Fsp3) is 0.632. The van der Waals surface area contributed by atoms with Gasteiger partial charge in [0.2, 0.25) is 0 Å². The van der Waals surface area contributed by atoms with Crippen molar-refractivity contribution in [3.8, 4) is 5.75 Å². The maximum Gasteiger partial charge on any atom is 0.315 e. The second-order valence-electron chi connectivity index (χ2n) is 7.63. The minimum absolute atomic E-state index is 0.0155. The van der Waals surface area contributed by atoms with Gasteiger partial charge in [-0.3, -0.25) is 0 Å². The van der Waals surface area contributed by atoms with Gasteiger partial charge in [-0.05, 0) is 73.5 Å². The first-order valence-corrected chi connectivity index (χ1v) is 8.88. The summed E-state index contributed by atoms with van der Waals surface area (Å²) in [6.07, 6.45) is 6.77. The van der Waals surface area contributed by atoms with Gasteiger partial charge in [-0.1, -0.05) is 12.1 Å². The average molecular weight is 314 g/mol. The number of ether oxygens (including phenoxy) is 1. The third-order valence-corrected chi connectivity index (χ3v) is 6.14. The molecule has 4 bridgehead atoms.